The highest BCUT2D eigenvalue weighted by Crippen LogP contribution is 2.32. The van der Waals surface area contributed by atoms with Crippen LogP contribution in [0.4, 0.5) is 5.69 Å². The number of ether oxygens (including phenoxy) is 2. The number of carbonyl (C=O) groups excluding carboxylic acids is 1. The fourth-order valence-electron chi connectivity index (χ4n) is 2.93. The molecule has 1 heterocycles. The summed E-state index contributed by atoms with van der Waals surface area (Å²) in [6, 6.07) is 19.5. The predicted molar refractivity (Wildman–Crippen MR) is 101 cm³/mol. The number of anilines is 1. The van der Waals surface area contributed by atoms with E-state index >= 15 is 0 Å². The number of fused-ring (bicyclic) bond motifs is 2. The number of hydrogen-bond acceptors (Lipinski definition) is 4. The Morgan fingerprint density at radius 1 is 1.00 bits per heavy atom. The second-order valence-electron chi connectivity index (χ2n) is 6.34. The van der Waals surface area contributed by atoms with Crippen molar-refractivity contribution >= 4 is 22.4 Å². The molecular weight excluding hydrogens is 328 g/mol. The Morgan fingerprint density at radius 2 is 1.81 bits per heavy atom. The van der Waals surface area contributed by atoms with Gasteiger partial charge in [-0.15, -0.1) is 0 Å². The minimum atomic E-state index is -0.327. The number of carbonyl (C=O) groups is 1. The zero-order valence-corrected chi connectivity index (χ0v) is 14.5. The van der Waals surface area contributed by atoms with Crippen LogP contribution in [0.3, 0.4) is 0 Å². The summed E-state index contributed by atoms with van der Waals surface area (Å²) >= 11 is 0. The van der Waals surface area contributed by atoms with Crippen LogP contribution in [0.15, 0.2) is 60.7 Å². The molecular formula is C21H20N2O3. The quantitative estimate of drug-likeness (QED) is 0.738. The number of benzene rings is 3. The first-order chi connectivity index (χ1) is 12.7. The van der Waals surface area contributed by atoms with E-state index in [9.17, 15) is 4.79 Å². The maximum Gasteiger partial charge on any atom is 0.241 e. The Hall–Kier alpha value is -3.05. The van der Waals surface area contributed by atoms with Crippen LogP contribution in [0.5, 0.6) is 11.5 Å². The highest BCUT2D eigenvalue weighted by Gasteiger charge is 2.15. The van der Waals surface area contributed by atoms with Gasteiger partial charge < -0.3 is 20.1 Å². The Labute approximate surface area is 151 Å². The summed E-state index contributed by atoms with van der Waals surface area (Å²) in [5.74, 6) is 1.44. The van der Waals surface area contributed by atoms with E-state index in [0.717, 1.165) is 33.5 Å². The number of amides is 1. The smallest absolute Gasteiger partial charge is 0.241 e. The van der Waals surface area contributed by atoms with Crippen LogP contribution in [0.25, 0.3) is 10.8 Å². The molecule has 0 saturated heterocycles. The Bertz CT molecular complexity index is 955. The summed E-state index contributed by atoms with van der Waals surface area (Å²) in [5, 5.41) is 8.46. The maximum atomic E-state index is 12.4. The van der Waals surface area contributed by atoms with Gasteiger partial charge in [-0.3, -0.25) is 4.79 Å². The van der Waals surface area contributed by atoms with Crippen molar-refractivity contribution in [2.75, 3.05) is 12.1 Å². The van der Waals surface area contributed by atoms with Gasteiger partial charge in [0, 0.05) is 12.2 Å². The molecule has 1 unspecified atom stereocenters. The summed E-state index contributed by atoms with van der Waals surface area (Å²) in [7, 11) is 0. The monoisotopic (exact) mass is 348 g/mol. The Kier molecular flexibility index (Phi) is 4.46. The van der Waals surface area contributed by atoms with Gasteiger partial charge in [0.25, 0.3) is 0 Å². The second kappa shape index (κ2) is 7.06. The fraction of sp³-hybridized carbons (Fsp3) is 0.190. The average molecular weight is 348 g/mol. The molecule has 0 aromatic heterocycles. The van der Waals surface area contributed by atoms with Crippen LogP contribution in [0.2, 0.25) is 0 Å². The van der Waals surface area contributed by atoms with E-state index < -0.39 is 0 Å². The summed E-state index contributed by atoms with van der Waals surface area (Å²) < 4.78 is 10.7. The molecule has 1 amide bonds. The second-order valence-corrected chi connectivity index (χ2v) is 6.34. The van der Waals surface area contributed by atoms with Gasteiger partial charge in [0.1, 0.15) is 0 Å². The van der Waals surface area contributed by atoms with Crippen molar-refractivity contribution in [2.24, 2.45) is 0 Å². The van der Waals surface area contributed by atoms with Gasteiger partial charge in [-0.25, -0.2) is 0 Å². The maximum absolute atomic E-state index is 12.4. The van der Waals surface area contributed by atoms with E-state index in [-0.39, 0.29) is 18.7 Å². The van der Waals surface area contributed by atoms with E-state index in [0.29, 0.717) is 6.54 Å². The zero-order valence-electron chi connectivity index (χ0n) is 14.5. The molecule has 1 aliphatic heterocycles. The third-order valence-electron chi connectivity index (χ3n) is 4.46. The van der Waals surface area contributed by atoms with Crippen LogP contribution in [0, 0.1) is 0 Å². The molecule has 0 fully saturated rings. The van der Waals surface area contributed by atoms with Crippen molar-refractivity contribution in [2.45, 2.75) is 19.5 Å². The molecule has 132 valence electrons. The third-order valence-corrected chi connectivity index (χ3v) is 4.46. The molecule has 5 nitrogen and oxygen atoms in total. The topological polar surface area (TPSA) is 59.6 Å². The average Bonchev–Trinajstić information content (AvgIpc) is 3.13. The van der Waals surface area contributed by atoms with Gasteiger partial charge in [0.2, 0.25) is 12.7 Å². The summed E-state index contributed by atoms with van der Waals surface area (Å²) in [6.07, 6.45) is 0. The molecule has 5 heteroatoms. The molecule has 0 radical (unpaired) electrons. The molecule has 3 aromatic carbocycles. The van der Waals surface area contributed by atoms with Crippen LogP contribution in [0.1, 0.15) is 12.5 Å². The minimum absolute atomic E-state index is 0.0685. The molecule has 1 aliphatic rings. The lowest BCUT2D eigenvalue weighted by Gasteiger charge is -2.15. The van der Waals surface area contributed by atoms with E-state index in [1.54, 1.807) is 0 Å². The molecule has 1 atom stereocenters. The van der Waals surface area contributed by atoms with Gasteiger partial charge in [0.15, 0.2) is 11.5 Å². The van der Waals surface area contributed by atoms with Crippen molar-refractivity contribution < 1.29 is 14.3 Å². The van der Waals surface area contributed by atoms with Crippen LogP contribution < -0.4 is 20.1 Å². The summed E-state index contributed by atoms with van der Waals surface area (Å²) in [6.45, 7) is 2.68. The van der Waals surface area contributed by atoms with Gasteiger partial charge in [-0.1, -0.05) is 36.4 Å². The van der Waals surface area contributed by atoms with Crippen LogP contribution in [-0.2, 0) is 11.3 Å². The predicted octanol–water partition coefficient (Wildman–Crippen LogP) is 3.69. The lowest BCUT2D eigenvalue weighted by atomic mass is 10.1. The standard InChI is InChI=1S/C21H20N2O3/c1-14(22-12-15-6-9-19-20(10-15)26-13-25-19)21(24)23-18-8-7-16-4-2-3-5-17(16)11-18/h2-11,14,22H,12-13H2,1H3,(H,23,24). The number of rotatable bonds is 5. The van der Waals surface area contributed by atoms with Crippen molar-refractivity contribution in [3.63, 3.8) is 0 Å². The zero-order chi connectivity index (χ0) is 17.9. The normalized spacial score (nSPS) is 13.6. The van der Waals surface area contributed by atoms with Crippen LogP contribution >= 0.6 is 0 Å². The summed E-state index contributed by atoms with van der Waals surface area (Å²) in [5.41, 5.74) is 1.84. The van der Waals surface area contributed by atoms with E-state index in [1.807, 2.05) is 61.5 Å². The molecule has 2 N–H and O–H groups in total. The van der Waals surface area contributed by atoms with Gasteiger partial charge in [0.05, 0.1) is 6.04 Å². The molecule has 26 heavy (non-hydrogen) atoms. The molecule has 0 aliphatic carbocycles. The first kappa shape index (κ1) is 16.4. The number of nitrogens with one attached hydrogen (secondary N) is 2. The lowest BCUT2D eigenvalue weighted by Crippen LogP contribution is -2.37. The molecule has 0 bridgehead atoms. The van der Waals surface area contributed by atoms with E-state index in [2.05, 4.69) is 16.7 Å². The van der Waals surface area contributed by atoms with Crippen molar-refractivity contribution in [3.05, 3.63) is 66.2 Å². The third kappa shape index (κ3) is 3.48. The lowest BCUT2D eigenvalue weighted by molar-refractivity contribution is -0.117. The first-order valence-electron chi connectivity index (χ1n) is 8.60. The summed E-state index contributed by atoms with van der Waals surface area (Å²) in [4.78, 5) is 12.4. The fourth-order valence-corrected chi connectivity index (χ4v) is 2.93. The van der Waals surface area contributed by atoms with Crippen molar-refractivity contribution in [1.82, 2.24) is 5.32 Å². The highest BCUT2D eigenvalue weighted by atomic mass is 16.7. The molecule has 0 spiro atoms. The first-order valence-corrected chi connectivity index (χ1v) is 8.60. The largest absolute Gasteiger partial charge is 0.454 e. The highest BCUT2D eigenvalue weighted by molar-refractivity contribution is 5.97. The van der Waals surface area contributed by atoms with Gasteiger partial charge in [-0.2, -0.15) is 0 Å². The van der Waals surface area contributed by atoms with Gasteiger partial charge in [-0.05, 0) is 47.5 Å². The number of hydrogen-bond donors (Lipinski definition) is 2. The Morgan fingerprint density at radius 3 is 2.69 bits per heavy atom. The van der Waals surface area contributed by atoms with Crippen LogP contribution in [-0.4, -0.2) is 18.7 Å². The van der Waals surface area contributed by atoms with E-state index in [4.69, 9.17) is 9.47 Å². The van der Waals surface area contributed by atoms with Crippen molar-refractivity contribution in [3.8, 4) is 11.5 Å². The SMILES string of the molecule is CC(NCc1ccc2c(c1)OCO2)C(=O)Nc1ccc2ccccc2c1. The Balaban J connectivity index is 1.36. The van der Waals surface area contributed by atoms with Gasteiger partial charge >= 0.3 is 0 Å². The molecule has 0 saturated carbocycles. The molecule has 3 aromatic rings. The van der Waals surface area contributed by atoms with E-state index in [1.165, 1.54) is 0 Å². The molecule has 4 rings (SSSR count). The minimum Gasteiger partial charge on any atom is -0.454 e. The van der Waals surface area contributed by atoms with Crippen molar-refractivity contribution in [1.29, 1.82) is 0 Å².